The minimum atomic E-state index is -1.50. The van der Waals surface area contributed by atoms with E-state index in [1.165, 1.54) is 12.3 Å². The molecular formula is C11H12N2O6. The number of nitro groups is 1. The summed E-state index contributed by atoms with van der Waals surface area (Å²) >= 11 is 0. The number of nitro benzene ring substituents is 1. The molecule has 0 spiro atoms. The molecule has 1 atom stereocenters. The summed E-state index contributed by atoms with van der Waals surface area (Å²) in [4.78, 5) is 24.0. The van der Waals surface area contributed by atoms with E-state index in [-0.39, 0.29) is 30.0 Å². The van der Waals surface area contributed by atoms with E-state index < -0.39 is 17.0 Å². The van der Waals surface area contributed by atoms with Crippen LogP contribution in [0.1, 0.15) is 12.0 Å². The summed E-state index contributed by atoms with van der Waals surface area (Å²) in [5.74, 6) is -1.51. The van der Waals surface area contributed by atoms with Crippen LogP contribution in [0, 0.1) is 10.1 Å². The highest BCUT2D eigenvalue weighted by Crippen LogP contribution is 2.21. The molecular weight excluding hydrogens is 256 g/mol. The smallest absolute Gasteiger partial charge is 0.332 e. The summed E-state index contributed by atoms with van der Waals surface area (Å²) in [6.07, 6.45) is -0.394. The lowest BCUT2D eigenvalue weighted by molar-refractivity contribution is -0.384. The standard InChI is InChI=1S/C11H12N2O6/c14-9-2-1-8(13(18)19)5-7(9)6-12-4-3-10(15)11(16)17/h1-2,5-6,10,14-15H,3-4H2,(H,16,17). The molecule has 0 bridgehead atoms. The number of carboxylic acids is 1. The van der Waals surface area contributed by atoms with Gasteiger partial charge in [0.2, 0.25) is 0 Å². The largest absolute Gasteiger partial charge is 0.507 e. The highest BCUT2D eigenvalue weighted by Gasteiger charge is 2.12. The molecule has 0 fully saturated rings. The zero-order valence-corrected chi connectivity index (χ0v) is 9.76. The quantitative estimate of drug-likeness (QED) is 0.392. The molecule has 0 aromatic heterocycles. The second-order valence-electron chi connectivity index (χ2n) is 3.68. The molecule has 1 rings (SSSR count). The van der Waals surface area contributed by atoms with E-state index in [9.17, 15) is 20.0 Å². The Hall–Kier alpha value is -2.48. The predicted octanol–water partition coefficient (Wildman–Crippen LogP) is 0.555. The Balaban J connectivity index is 2.68. The third-order valence-corrected chi connectivity index (χ3v) is 2.27. The summed E-state index contributed by atoms with van der Waals surface area (Å²) in [6.45, 7) is 0.0234. The van der Waals surface area contributed by atoms with Crippen molar-refractivity contribution in [2.24, 2.45) is 4.99 Å². The fourth-order valence-electron chi connectivity index (χ4n) is 1.24. The number of carbonyl (C=O) groups is 1. The molecule has 0 saturated carbocycles. The number of aromatic hydroxyl groups is 1. The van der Waals surface area contributed by atoms with Gasteiger partial charge >= 0.3 is 5.97 Å². The molecule has 8 nitrogen and oxygen atoms in total. The maximum Gasteiger partial charge on any atom is 0.332 e. The number of carboxylic acid groups (broad SMARTS) is 1. The Kier molecular flexibility index (Phi) is 4.95. The molecule has 0 aliphatic rings. The van der Waals surface area contributed by atoms with E-state index in [1.54, 1.807) is 0 Å². The van der Waals surface area contributed by atoms with Crippen LogP contribution in [0.5, 0.6) is 5.75 Å². The van der Waals surface area contributed by atoms with Crippen molar-refractivity contribution in [1.29, 1.82) is 0 Å². The lowest BCUT2D eigenvalue weighted by atomic mass is 10.2. The molecule has 0 saturated heterocycles. The molecule has 1 aromatic carbocycles. The number of aliphatic hydroxyl groups is 1. The molecule has 0 aliphatic heterocycles. The van der Waals surface area contributed by atoms with Crippen LogP contribution in [0.2, 0.25) is 0 Å². The molecule has 0 heterocycles. The average molecular weight is 268 g/mol. The summed E-state index contributed by atoms with van der Waals surface area (Å²) < 4.78 is 0. The van der Waals surface area contributed by atoms with Crippen LogP contribution in [0.15, 0.2) is 23.2 Å². The average Bonchev–Trinajstić information content (AvgIpc) is 2.35. The third kappa shape index (κ3) is 4.36. The van der Waals surface area contributed by atoms with Crippen molar-refractivity contribution in [2.75, 3.05) is 6.54 Å². The van der Waals surface area contributed by atoms with Gasteiger partial charge in [-0.3, -0.25) is 15.1 Å². The number of aliphatic hydroxyl groups excluding tert-OH is 1. The van der Waals surface area contributed by atoms with Gasteiger partial charge < -0.3 is 15.3 Å². The first-order valence-corrected chi connectivity index (χ1v) is 5.30. The number of phenolic OH excluding ortho intramolecular Hbond substituents is 1. The fourth-order valence-corrected chi connectivity index (χ4v) is 1.24. The zero-order chi connectivity index (χ0) is 14.4. The molecule has 19 heavy (non-hydrogen) atoms. The summed E-state index contributed by atoms with van der Waals surface area (Å²) in [5, 5.41) is 37.4. The van der Waals surface area contributed by atoms with Crippen molar-refractivity contribution in [3.8, 4) is 5.75 Å². The fraction of sp³-hybridized carbons (Fsp3) is 0.273. The molecule has 1 unspecified atom stereocenters. The Morgan fingerprint density at radius 1 is 1.53 bits per heavy atom. The van der Waals surface area contributed by atoms with Crippen LogP contribution in [-0.2, 0) is 4.79 Å². The van der Waals surface area contributed by atoms with E-state index in [0.717, 1.165) is 12.1 Å². The number of hydrogen-bond acceptors (Lipinski definition) is 6. The second kappa shape index (κ2) is 6.45. The molecule has 8 heteroatoms. The number of non-ortho nitro benzene ring substituents is 1. The summed E-state index contributed by atoms with van der Waals surface area (Å²) in [5.41, 5.74) is -0.0381. The van der Waals surface area contributed by atoms with Gasteiger partial charge in [0.15, 0.2) is 6.10 Å². The van der Waals surface area contributed by atoms with Crippen LogP contribution in [0.25, 0.3) is 0 Å². The number of nitrogens with zero attached hydrogens (tertiary/aromatic N) is 2. The van der Waals surface area contributed by atoms with E-state index >= 15 is 0 Å². The van der Waals surface area contributed by atoms with Gasteiger partial charge in [0.25, 0.3) is 5.69 Å². The number of aliphatic carboxylic acids is 1. The normalized spacial score (nSPS) is 12.5. The highest BCUT2D eigenvalue weighted by atomic mass is 16.6. The van der Waals surface area contributed by atoms with Crippen molar-refractivity contribution in [2.45, 2.75) is 12.5 Å². The predicted molar refractivity (Wildman–Crippen MR) is 65.5 cm³/mol. The molecule has 0 aliphatic carbocycles. The van der Waals surface area contributed by atoms with Crippen molar-refractivity contribution in [3.05, 3.63) is 33.9 Å². The number of hydrogen-bond donors (Lipinski definition) is 3. The molecule has 0 amide bonds. The Morgan fingerprint density at radius 2 is 2.21 bits per heavy atom. The number of benzene rings is 1. The third-order valence-electron chi connectivity index (χ3n) is 2.27. The van der Waals surface area contributed by atoms with Gasteiger partial charge in [-0.25, -0.2) is 4.79 Å². The monoisotopic (exact) mass is 268 g/mol. The van der Waals surface area contributed by atoms with Crippen molar-refractivity contribution < 1.29 is 25.0 Å². The topological polar surface area (TPSA) is 133 Å². The number of rotatable bonds is 6. The molecule has 1 aromatic rings. The van der Waals surface area contributed by atoms with Crippen LogP contribution < -0.4 is 0 Å². The lowest BCUT2D eigenvalue weighted by Crippen LogP contribution is -2.20. The Labute approximate surface area is 107 Å². The minimum absolute atomic E-state index is 0.0234. The summed E-state index contributed by atoms with van der Waals surface area (Å²) in [7, 11) is 0. The molecule has 0 radical (unpaired) electrons. The maximum atomic E-state index is 10.5. The summed E-state index contributed by atoms with van der Waals surface area (Å²) in [6, 6.07) is 3.47. The second-order valence-corrected chi connectivity index (χ2v) is 3.68. The van der Waals surface area contributed by atoms with Crippen LogP contribution >= 0.6 is 0 Å². The minimum Gasteiger partial charge on any atom is -0.507 e. The Bertz CT molecular complexity index is 514. The molecule has 3 N–H and O–H groups in total. The van der Waals surface area contributed by atoms with Gasteiger partial charge in [-0.15, -0.1) is 0 Å². The Morgan fingerprint density at radius 3 is 2.79 bits per heavy atom. The van der Waals surface area contributed by atoms with Crippen molar-refractivity contribution in [3.63, 3.8) is 0 Å². The van der Waals surface area contributed by atoms with Crippen molar-refractivity contribution in [1.82, 2.24) is 0 Å². The van der Waals surface area contributed by atoms with Gasteiger partial charge in [-0.2, -0.15) is 0 Å². The van der Waals surface area contributed by atoms with E-state index in [0.29, 0.717) is 0 Å². The first-order chi connectivity index (χ1) is 8.91. The highest BCUT2D eigenvalue weighted by molar-refractivity contribution is 5.84. The van der Waals surface area contributed by atoms with E-state index in [1.807, 2.05) is 0 Å². The lowest BCUT2D eigenvalue weighted by Gasteiger charge is -2.02. The number of aliphatic imine (C=N–C) groups is 1. The van der Waals surface area contributed by atoms with Crippen LogP contribution in [0.3, 0.4) is 0 Å². The van der Waals surface area contributed by atoms with Crippen LogP contribution in [0.4, 0.5) is 5.69 Å². The SMILES string of the molecule is O=C(O)C(O)CCN=Cc1cc([N+](=O)[O-])ccc1O. The van der Waals surface area contributed by atoms with Crippen LogP contribution in [-0.4, -0.2) is 45.1 Å². The number of phenols is 1. The van der Waals surface area contributed by atoms with Gasteiger partial charge in [-0.1, -0.05) is 0 Å². The maximum absolute atomic E-state index is 10.5. The first-order valence-electron chi connectivity index (χ1n) is 5.30. The molecule has 102 valence electrons. The first kappa shape index (κ1) is 14.6. The van der Waals surface area contributed by atoms with Gasteiger partial charge in [0, 0.05) is 36.9 Å². The van der Waals surface area contributed by atoms with Gasteiger partial charge in [-0.05, 0) is 6.07 Å². The zero-order valence-electron chi connectivity index (χ0n) is 9.76. The van der Waals surface area contributed by atoms with Gasteiger partial charge in [0.1, 0.15) is 5.75 Å². The van der Waals surface area contributed by atoms with Gasteiger partial charge in [0.05, 0.1) is 4.92 Å². The van der Waals surface area contributed by atoms with E-state index in [2.05, 4.69) is 4.99 Å². The van der Waals surface area contributed by atoms with E-state index in [4.69, 9.17) is 10.2 Å². The van der Waals surface area contributed by atoms with Crippen molar-refractivity contribution >= 4 is 17.9 Å².